The molecule has 0 bridgehead atoms. The van der Waals surface area contributed by atoms with Crippen LogP contribution in [-0.4, -0.2) is 52.3 Å². The summed E-state index contributed by atoms with van der Waals surface area (Å²) >= 11 is 4.94. The quantitative estimate of drug-likeness (QED) is 0.767. The first-order valence-corrected chi connectivity index (χ1v) is 8.36. The molecule has 0 amide bonds. The molecule has 120 valence electrons. The second kappa shape index (κ2) is 5.36. The Kier molecular flexibility index (Phi) is 4.19. The van der Waals surface area contributed by atoms with Crippen molar-refractivity contribution >= 4 is 22.1 Å². The lowest BCUT2D eigenvalue weighted by Crippen LogP contribution is -2.34. The molecule has 0 saturated carbocycles. The molecule has 1 saturated heterocycles. The fourth-order valence-corrected chi connectivity index (χ4v) is 4.27. The van der Waals surface area contributed by atoms with E-state index < -0.39 is 21.8 Å². The minimum absolute atomic E-state index is 0.00971. The SMILES string of the molecule is CN(Cn1nc(C(F)(F)F)n(C)c1=S)[C@H]1CCS(=O)(=O)C1. The second-order valence-corrected chi connectivity index (χ2v) is 7.71. The van der Waals surface area contributed by atoms with Gasteiger partial charge in [0.1, 0.15) is 0 Å². The average molecular weight is 344 g/mol. The van der Waals surface area contributed by atoms with Gasteiger partial charge in [0.2, 0.25) is 5.82 Å². The van der Waals surface area contributed by atoms with E-state index in [1.54, 1.807) is 11.9 Å². The maximum Gasteiger partial charge on any atom is 0.451 e. The number of sulfone groups is 1. The lowest BCUT2D eigenvalue weighted by atomic mass is 10.2. The van der Waals surface area contributed by atoms with Crippen LogP contribution in [0.1, 0.15) is 12.2 Å². The predicted octanol–water partition coefficient (Wildman–Crippen LogP) is 1.05. The molecule has 11 heteroatoms. The van der Waals surface area contributed by atoms with Gasteiger partial charge in [-0.25, -0.2) is 13.1 Å². The summed E-state index contributed by atoms with van der Waals surface area (Å²) in [7, 11) is -0.201. The molecule has 0 unspecified atom stereocenters. The first kappa shape index (κ1) is 16.4. The van der Waals surface area contributed by atoms with E-state index in [1.807, 2.05) is 0 Å². The summed E-state index contributed by atoms with van der Waals surface area (Å²) in [6.07, 6.45) is -4.12. The Morgan fingerprint density at radius 1 is 1.48 bits per heavy atom. The third-order valence-corrected chi connectivity index (χ3v) is 5.72. The molecular formula is C10H15F3N4O2S2. The van der Waals surface area contributed by atoms with E-state index in [4.69, 9.17) is 12.2 Å². The Hall–Kier alpha value is -0.940. The van der Waals surface area contributed by atoms with E-state index in [0.717, 1.165) is 9.25 Å². The molecule has 6 nitrogen and oxygen atoms in total. The molecule has 1 fully saturated rings. The highest BCUT2D eigenvalue weighted by molar-refractivity contribution is 7.91. The van der Waals surface area contributed by atoms with E-state index in [-0.39, 0.29) is 29.0 Å². The van der Waals surface area contributed by atoms with Crippen LogP contribution in [0.3, 0.4) is 0 Å². The van der Waals surface area contributed by atoms with Gasteiger partial charge in [-0.05, 0) is 25.7 Å². The van der Waals surface area contributed by atoms with Gasteiger partial charge < -0.3 is 0 Å². The monoisotopic (exact) mass is 344 g/mol. The molecule has 1 aromatic heterocycles. The Morgan fingerprint density at radius 3 is 2.52 bits per heavy atom. The van der Waals surface area contributed by atoms with Gasteiger partial charge in [0.15, 0.2) is 14.6 Å². The Morgan fingerprint density at radius 2 is 2.10 bits per heavy atom. The van der Waals surface area contributed by atoms with Crippen LogP contribution in [0.2, 0.25) is 0 Å². The van der Waals surface area contributed by atoms with Gasteiger partial charge in [-0.15, -0.1) is 5.10 Å². The third-order valence-electron chi connectivity index (χ3n) is 3.48. The highest BCUT2D eigenvalue weighted by atomic mass is 32.2. The van der Waals surface area contributed by atoms with Crippen molar-refractivity contribution in [1.82, 2.24) is 19.2 Å². The molecule has 0 spiro atoms. The van der Waals surface area contributed by atoms with Crippen molar-refractivity contribution in [1.29, 1.82) is 0 Å². The highest BCUT2D eigenvalue weighted by Crippen LogP contribution is 2.27. The number of alkyl halides is 3. The number of hydrogen-bond acceptors (Lipinski definition) is 5. The molecular weight excluding hydrogens is 329 g/mol. The second-order valence-electron chi connectivity index (χ2n) is 5.12. The van der Waals surface area contributed by atoms with Crippen molar-refractivity contribution in [2.75, 3.05) is 18.6 Å². The molecule has 1 atom stereocenters. The van der Waals surface area contributed by atoms with Crippen molar-refractivity contribution in [3.05, 3.63) is 10.6 Å². The smallest absolute Gasteiger partial charge is 0.299 e. The summed E-state index contributed by atoms with van der Waals surface area (Å²) in [6, 6.07) is -0.228. The summed E-state index contributed by atoms with van der Waals surface area (Å²) < 4.78 is 62.9. The van der Waals surface area contributed by atoms with E-state index in [9.17, 15) is 21.6 Å². The number of aromatic nitrogens is 3. The van der Waals surface area contributed by atoms with Gasteiger partial charge in [0.05, 0.1) is 18.2 Å². The summed E-state index contributed by atoms with van der Waals surface area (Å²) in [5, 5.41) is 3.49. The summed E-state index contributed by atoms with van der Waals surface area (Å²) in [5.74, 6) is -0.959. The van der Waals surface area contributed by atoms with Gasteiger partial charge in [-0.3, -0.25) is 9.47 Å². The lowest BCUT2D eigenvalue weighted by Gasteiger charge is -2.22. The zero-order valence-corrected chi connectivity index (χ0v) is 13.1. The first-order chi connectivity index (χ1) is 9.51. The lowest BCUT2D eigenvalue weighted by molar-refractivity contribution is -0.147. The molecule has 2 rings (SSSR count). The molecule has 0 aromatic carbocycles. The molecule has 1 aliphatic rings. The van der Waals surface area contributed by atoms with Crippen molar-refractivity contribution in [3.8, 4) is 0 Å². The Balaban J connectivity index is 2.19. The van der Waals surface area contributed by atoms with E-state index in [2.05, 4.69) is 5.10 Å². The van der Waals surface area contributed by atoms with Crippen LogP contribution < -0.4 is 0 Å². The number of rotatable bonds is 3. The average Bonchev–Trinajstić information content (AvgIpc) is 2.83. The minimum atomic E-state index is -4.58. The highest BCUT2D eigenvalue weighted by Gasteiger charge is 2.38. The molecule has 0 aliphatic carbocycles. The van der Waals surface area contributed by atoms with Crippen molar-refractivity contribution < 1.29 is 21.6 Å². The fourth-order valence-electron chi connectivity index (χ4n) is 2.28. The number of halogens is 3. The largest absolute Gasteiger partial charge is 0.451 e. The maximum atomic E-state index is 12.7. The molecule has 21 heavy (non-hydrogen) atoms. The predicted molar refractivity (Wildman–Crippen MR) is 71.9 cm³/mol. The topological polar surface area (TPSA) is 60.1 Å². The van der Waals surface area contributed by atoms with Crippen molar-refractivity contribution in [2.24, 2.45) is 7.05 Å². The Labute approximate surface area is 125 Å². The zero-order chi connectivity index (χ0) is 16.0. The van der Waals surface area contributed by atoms with E-state index >= 15 is 0 Å². The van der Waals surface area contributed by atoms with Crippen LogP contribution in [-0.2, 0) is 29.7 Å². The van der Waals surface area contributed by atoms with Crippen LogP contribution in [0.5, 0.6) is 0 Å². The van der Waals surface area contributed by atoms with Gasteiger partial charge in [0.25, 0.3) is 0 Å². The number of hydrogen-bond donors (Lipinski definition) is 0. The molecule has 1 aliphatic heterocycles. The fraction of sp³-hybridized carbons (Fsp3) is 0.800. The van der Waals surface area contributed by atoms with Crippen LogP contribution in [0, 0.1) is 4.77 Å². The normalized spacial score (nSPS) is 22.1. The van der Waals surface area contributed by atoms with Crippen LogP contribution >= 0.6 is 12.2 Å². The Bertz CT molecular complexity index is 692. The standard InChI is InChI=1S/C10H15F3N4O2S2/c1-15(7-3-4-21(18,19)5-7)6-17-9(20)16(2)8(14-17)10(11,12)13/h7H,3-6H2,1-2H3/t7-/m0/s1. The van der Waals surface area contributed by atoms with E-state index in [0.29, 0.717) is 6.42 Å². The molecule has 0 N–H and O–H groups in total. The first-order valence-electron chi connectivity index (χ1n) is 6.13. The summed E-state index contributed by atoms with van der Waals surface area (Å²) in [5.41, 5.74) is 0. The zero-order valence-electron chi connectivity index (χ0n) is 11.5. The maximum absolute atomic E-state index is 12.7. The summed E-state index contributed by atoms with van der Waals surface area (Å²) in [4.78, 5) is 1.66. The van der Waals surface area contributed by atoms with E-state index in [1.165, 1.54) is 7.05 Å². The van der Waals surface area contributed by atoms with Crippen LogP contribution in [0.25, 0.3) is 0 Å². The van der Waals surface area contributed by atoms with Gasteiger partial charge in [-0.2, -0.15) is 13.2 Å². The third kappa shape index (κ3) is 3.46. The number of nitrogens with zero attached hydrogens (tertiary/aromatic N) is 4. The van der Waals surface area contributed by atoms with Crippen molar-refractivity contribution in [3.63, 3.8) is 0 Å². The molecule has 2 heterocycles. The van der Waals surface area contributed by atoms with Gasteiger partial charge >= 0.3 is 6.18 Å². The molecule has 0 radical (unpaired) electrons. The van der Waals surface area contributed by atoms with Crippen molar-refractivity contribution in [2.45, 2.75) is 25.3 Å². The molecule has 1 aromatic rings. The minimum Gasteiger partial charge on any atom is -0.299 e. The van der Waals surface area contributed by atoms with Crippen LogP contribution in [0.15, 0.2) is 0 Å². The van der Waals surface area contributed by atoms with Gasteiger partial charge in [-0.1, -0.05) is 0 Å². The van der Waals surface area contributed by atoms with Crippen LogP contribution in [0.4, 0.5) is 13.2 Å². The van der Waals surface area contributed by atoms with Gasteiger partial charge in [0, 0.05) is 13.1 Å². The summed E-state index contributed by atoms with van der Waals surface area (Å²) in [6.45, 7) is 0.0168.